The van der Waals surface area contributed by atoms with E-state index in [-0.39, 0.29) is 17.3 Å². The summed E-state index contributed by atoms with van der Waals surface area (Å²) in [7, 11) is 1.29. The first-order valence-corrected chi connectivity index (χ1v) is 12.9. The molecule has 6 unspecified atom stereocenters. The Hall–Kier alpha value is -4.14. The van der Waals surface area contributed by atoms with Gasteiger partial charge in [0.1, 0.15) is 11.7 Å². The standard InChI is InChI=1S/C30H28O9/c1-29-9-6-19-28(34)39-23(18-7-10-36-15-18)14-30(19,2)25(29)24(31)22(13-20(29)27(33)35-3)38-26(32)17-5-4-16-8-11-37-21(16)12-17/h4-5,7-8,10-13,15,19-20,23,25H,6,9,14H2,1-3H3. The number of rotatable bonds is 4. The fraction of sp³-hybridized carbons (Fsp3) is 0.400. The molecule has 202 valence electrons. The molecule has 3 heterocycles. The van der Waals surface area contributed by atoms with Gasteiger partial charge in [-0.2, -0.15) is 0 Å². The minimum atomic E-state index is -0.882. The van der Waals surface area contributed by atoms with Crippen LogP contribution >= 0.6 is 0 Å². The van der Waals surface area contributed by atoms with Crippen molar-refractivity contribution in [3.05, 3.63) is 72.1 Å². The largest absolute Gasteiger partial charge is 0.472 e. The molecule has 6 atom stereocenters. The van der Waals surface area contributed by atoms with Crippen molar-refractivity contribution < 1.29 is 42.2 Å². The molecule has 6 rings (SSSR count). The van der Waals surface area contributed by atoms with Crippen LogP contribution < -0.4 is 0 Å². The maximum Gasteiger partial charge on any atom is 0.343 e. The van der Waals surface area contributed by atoms with Crippen LogP contribution in [-0.2, 0) is 28.6 Å². The normalized spacial score (nSPS) is 32.0. The van der Waals surface area contributed by atoms with E-state index in [4.69, 9.17) is 23.0 Å². The average Bonchev–Trinajstić information content (AvgIpc) is 3.61. The lowest BCUT2D eigenvalue weighted by Crippen LogP contribution is -2.61. The Kier molecular flexibility index (Phi) is 5.78. The zero-order valence-corrected chi connectivity index (χ0v) is 21.8. The molecule has 2 fully saturated rings. The summed E-state index contributed by atoms with van der Waals surface area (Å²) in [4.78, 5) is 53.8. The van der Waals surface area contributed by atoms with Crippen molar-refractivity contribution in [3.63, 3.8) is 0 Å². The first-order chi connectivity index (χ1) is 18.7. The van der Waals surface area contributed by atoms with Gasteiger partial charge in [0.15, 0.2) is 5.76 Å². The van der Waals surface area contributed by atoms with Crippen LogP contribution in [0, 0.1) is 28.6 Å². The Morgan fingerprint density at radius 3 is 2.62 bits per heavy atom. The van der Waals surface area contributed by atoms with Gasteiger partial charge in [0.05, 0.1) is 43.3 Å². The predicted molar refractivity (Wildman–Crippen MR) is 135 cm³/mol. The van der Waals surface area contributed by atoms with Gasteiger partial charge in [-0.1, -0.05) is 19.9 Å². The second-order valence-electron chi connectivity index (χ2n) is 11.2. The van der Waals surface area contributed by atoms with Crippen molar-refractivity contribution in [1.29, 1.82) is 0 Å². The van der Waals surface area contributed by atoms with E-state index in [0.717, 1.165) is 5.39 Å². The molecule has 3 aliphatic rings. The maximum atomic E-state index is 14.2. The minimum Gasteiger partial charge on any atom is -0.472 e. The highest BCUT2D eigenvalue weighted by molar-refractivity contribution is 6.04. The molecule has 0 radical (unpaired) electrons. The van der Waals surface area contributed by atoms with E-state index < -0.39 is 52.4 Å². The summed E-state index contributed by atoms with van der Waals surface area (Å²) in [5.74, 6) is -4.55. The first kappa shape index (κ1) is 25.2. The van der Waals surface area contributed by atoms with Gasteiger partial charge in [-0.3, -0.25) is 14.4 Å². The SMILES string of the molecule is COC(=O)C1C=C(OC(=O)c2ccc3ccoc3c2)C(=O)C2C1(C)CCC1C(=O)OC(c3ccoc3)CC12C. The molecule has 1 aliphatic heterocycles. The summed E-state index contributed by atoms with van der Waals surface area (Å²) >= 11 is 0. The van der Waals surface area contributed by atoms with Crippen molar-refractivity contribution in [3.8, 4) is 0 Å². The second kappa shape index (κ2) is 8.97. The highest BCUT2D eigenvalue weighted by atomic mass is 16.6. The number of allylic oxidation sites excluding steroid dienone is 1. The minimum absolute atomic E-state index is 0.197. The smallest absolute Gasteiger partial charge is 0.343 e. The van der Waals surface area contributed by atoms with Crippen LogP contribution in [0.4, 0.5) is 0 Å². The molecule has 1 saturated carbocycles. The fourth-order valence-electron chi connectivity index (χ4n) is 7.13. The summed E-state index contributed by atoms with van der Waals surface area (Å²) in [5.41, 5.74) is -0.354. The molecule has 9 heteroatoms. The number of hydrogen-bond donors (Lipinski definition) is 0. The molecule has 9 nitrogen and oxygen atoms in total. The topological polar surface area (TPSA) is 122 Å². The second-order valence-corrected chi connectivity index (χ2v) is 11.2. The van der Waals surface area contributed by atoms with Gasteiger partial charge in [0.25, 0.3) is 0 Å². The number of Topliss-reactive ketones (excluding diaryl/α,β-unsaturated/α-hetero) is 1. The number of esters is 3. The Balaban J connectivity index is 1.40. The molecule has 0 N–H and O–H groups in total. The molecule has 1 saturated heterocycles. The Morgan fingerprint density at radius 2 is 1.87 bits per heavy atom. The van der Waals surface area contributed by atoms with E-state index in [1.807, 2.05) is 13.8 Å². The van der Waals surface area contributed by atoms with E-state index in [2.05, 4.69) is 0 Å². The number of cyclic esters (lactones) is 1. The van der Waals surface area contributed by atoms with E-state index in [1.54, 1.807) is 24.3 Å². The summed E-state index contributed by atoms with van der Waals surface area (Å²) in [6.07, 6.45) is 6.55. The molecular weight excluding hydrogens is 504 g/mol. The number of carbonyl (C=O) groups excluding carboxylic acids is 4. The Labute approximate surface area is 224 Å². The summed E-state index contributed by atoms with van der Waals surface area (Å²) in [6, 6.07) is 8.34. The quantitative estimate of drug-likeness (QED) is 0.331. The number of hydrogen-bond acceptors (Lipinski definition) is 9. The summed E-state index contributed by atoms with van der Waals surface area (Å²) in [6.45, 7) is 3.78. The monoisotopic (exact) mass is 532 g/mol. The molecular formula is C30H28O9. The van der Waals surface area contributed by atoms with Crippen LogP contribution in [0.2, 0.25) is 0 Å². The van der Waals surface area contributed by atoms with Crippen LogP contribution in [0.1, 0.15) is 55.1 Å². The van der Waals surface area contributed by atoms with Crippen LogP contribution in [0.5, 0.6) is 0 Å². The molecule has 39 heavy (non-hydrogen) atoms. The van der Waals surface area contributed by atoms with Gasteiger partial charge in [-0.05, 0) is 60.4 Å². The van der Waals surface area contributed by atoms with Crippen LogP contribution in [0.15, 0.2) is 69.8 Å². The maximum absolute atomic E-state index is 14.2. The lowest BCUT2D eigenvalue weighted by molar-refractivity contribution is -0.197. The zero-order chi connectivity index (χ0) is 27.5. The van der Waals surface area contributed by atoms with E-state index in [1.165, 1.54) is 38.0 Å². The lowest BCUT2D eigenvalue weighted by atomic mass is 9.44. The fourth-order valence-corrected chi connectivity index (χ4v) is 7.13. The molecule has 0 bridgehead atoms. The van der Waals surface area contributed by atoms with Gasteiger partial charge in [-0.25, -0.2) is 4.79 Å². The van der Waals surface area contributed by atoms with E-state index >= 15 is 0 Å². The molecule has 3 aromatic rings. The Morgan fingerprint density at radius 1 is 1.05 bits per heavy atom. The highest BCUT2D eigenvalue weighted by Gasteiger charge is 2.66. The first-order valence-electron chi connectivity index (χ1n) is 12.9. The summed E-state index contributed by atoms with van der Waals surface area (Å²) in [5, 5.41) is 0.818. The number of methoxy groups -OCH3 is 1. The van der Waals surface area contributed by atoms with Gasteiger partial charge in [0.2, 0.25) is 5.78 Å². The predicted octanol–water partition coefficient (Wildman–Crippen LogP) is 5.17. The van der Waals surface area contributed by atoms with E-state index in [9.17, 15) is 19.2 Å². The lowest BCUT2D eigenvalue weighted by Gasteiger charge is -2.59. The average molecular weight is 533 g/mol. The molecule has 0 spiro atoms. The molecule has 2 aliphatic carbocycles. The number of fused-ring (bicyclic) bond motifs is 4. The highest BCUT2D eigenvalue weighted by Crippen LogP contribution is 2.64. The molecule has 1 aromatic carbocycles. The number of ketones is 1. The molecule has 0 amide bonds. The van der Waals surface area contributed by atoms with Crippen molar-refractivity contribution >= 4 is 34.7 Å². The Bertz CT molecular complexity index is 1510. The van der Waals surface area contributed by atoms with E-state index in [0.29, 0.717) is 30.4 Å². The third-order valence-corrected chi connectivity index (χ3v) is 9.05. The number of benzene rings is 1. The van der Waals surface area contributed by atoms with Crippen molar-refractivity contribution in [2.45, 2.75) is 39.2 Å². The van der Waals surface area contributed by atoms with Gasteiger partial charge in [0, 0.05) is 16.9 Å². The van der Waals surface area contributed by atoms with Crippen molar-refractivity contribution in [2.75, 3.05) is 7.11 Å². The van der Waals surface area contributed by atoms with Crippen LogP contribution in [0.25, 0.3) is 11.0 Å². The molecule has 2 aromatic heterocycles. The van der Waals surface area contributed by atoms with Crippen LogP contribution in [-0.4, -0.2) is 30.8 Å². The third kappa shape index (κ3) is 3.82. The van der Waals surface area contributed by atoms with Crippen molar-refractivity contribution in [2.24, 2.45) is 28.6 Å². The van der Waals surface area contributed by atoms with Crippen LogP contribution in [0.3, 0.4) is 0 Å². The number of furan rings is 2. The number of ether oxygens (including phenoxy) is 3. The van der Waals surface area contributed by atoms with Gasteiger partial charge >= 0.3 is 17.9 Å². The van der Waals surface area contributed by atoms with Gasteiger partial charge < -0.3 is 23.0 Å². The number of carbonyl (C=O) groups is 4. The zero-order valence-electron chi connectivity index (χ0n) is 21.8. The third-order valence-electron chi connectivity index (χ3n) is 9.05. The summed E-state index contributed by atoms with van der Waals surface area (Å²) < 4.78 is 27.2. The van der Waals surface area contributed by atoms with Crippen molar-refractivity contribution in [1.82, 2.24) is 0 Å². The van der Waals surface area contributed by atoms with Gasteiger partial charge in [-0.15, -0.1) is 0 Å².